The SMILES string of the molecule is NC(=S)COc1cccc(NC(=O)c2cccc(Cl)c2)c1. The molecule has 0 unspecified atom stereocenters. The minimum absolute atomic E-state index is 0.154. The molecule has 0 aliphatic rings. The van der Waals surface area contributed by atoms with E-state index in [0.717, 1.165) is 0 Å². The van der Waals surface area contributed by atoms with Crippen molar-refractivity contribution in [1.29, 1.82) is 0 Å². The minimum atomic E-state index is -0.246. The number of anilines is 1. The molecule has 0 aliphatic heterocycles. The molecule has 0 fully saturated rings. The second-order valence-corrected chi connectivity index (χ2v) is 5.21. The molecule has 108 valence electrons. The lowest BCUT2D eigenvalue weighted by molar-refractivity contribution is 0.102. The first-order valence-electron chi connectivity index (χ1n) is 6.12. The minimum Gasteiger partial charge on any atom is -0.486 e. The molecule has 0 radical (unpaired) electrons. The van der Waals surface area contributed by atoms with Gasteiger partial charge in [0.15, 0.2) is 0 Å². The van der Waals surface area contributed by atoms with Gasteiger partial charge in [0, 0.05) is 22.3 Å². The maximum atomic E-state index is 12.1. The standard InChI is InChI=1S/C15H13ClN2O2S/c16-11-4-1-3-10(7-11)15(19)18-12-5-2-6-13(8-12)20-9-14(17)21/h1-8H,9H2,(H2,17,21)(H,18,19). The zero-order valence-corrected chi connectivity index (χ0v) is 12.6. The van der Waals surface area contributed by atoms with Gasteiger partial charge in [-0.3, -0.25) is 4.79 Å². The second kappa shape index (κ2) is 7.06. The Morgan fingerprint density at radius 2 is 2.00 bits per heavy atom. The Bertz CT molecular complexity index is 676. The first kappa shape index (κ1) is 15.3. The second-order valence-electron chi connectivity index (χ2n) is 4.25. The van der Waals surface area contributed by atoms with Crippen molar-refractivity contribution in [3.8, 4) is 5.75 Å². The quantitative estimate of drug-likeness (QED) is 0.830. The number of carbonyl (C=O) groups is 1. The van der Waals surface area contributed by atoms with Crippen LogP contribution in [0, 0.1) is 0 Å². The van der Waals surface area contributed by atoms with Gasteiger partial charge in [0.2, 0.25) is 0 Å². The third-order valence-corrected chi connectivity index (χ3v) is 2.91. The first-order valence-corrected chi connectivity index (χ1v) is 6.91. The van der Waals surface area contributed by atoms with Crippen LogP contribution in [0.3, 0.4) is 0 Å². The van der Waals surface area contributed by atoms with Gasteiger partial charge in [0.25, 0.3) is 5.91 Å². The van der Waals surface area contributed by atoms with E-state index in [2.05, 4.69) is 5.32 Å². The van der Waals surface area contributed by atoms with Crippen LogP contribution in [0.25, 0.3) is 0 Å². The lowest BCUT2D eigenvalue weighted by Crippen LogP contribution is -2.18. The number of carbonyl (C=O) groups excluding carboxylic acids is 1. The molecule has 0 bridgehead atoms. The predicted octanol–water partition coefficient (Wildman–Crippen LogP) is 3.26. The van der Waals surface area contributed by atoms with E-state index in [1.165, 1.54) is 0 Å². The van der Waals surface area contributed by atoms with Crippen LogP contribution in [-0.2, 0) is 0 Å². The van der Waals surface area contributed by atoms with Gasteiger partial charge in [-0.15, -0.1) is 0 Å². The van der Waals surface area contributed by atoms with Crippen molar-refractivity contribution in [2.75, 3.05) is 11.9 Å². The highest BCUT2D eigenvalue weighted by atomic mass is 35.5. The molecule has 21 heavy (non-hydrogen) atoms. The lowest BCUT2D eigenvalue weighted by atomic mass is 10.2. The molecule has 0 atom stereocenters. The summed E-state index contributed by atoms with van der Waals surface area (Å²) in [5.74, 6) is 0.329. The van der Waals surface area contributed by atoms with Crippen LogP contribution in [0.1, 0.15) is 10.4 Å². The first-order chi connectivity index (χ1) is 10.0. The van der Waals surface area contributed by atoms with Crippen molar-refractivity contribution in [3.63, 3.8) is 0 Å². The van der Waals surface area contributed by atoms with Gasteiger partial charge in [-0.05, 0) is 30.3 Å². The van der Waals surface area contributed by atoms with Crippen molar-refractivity contribution in [2.45, 2.75) is 0 Å². The summed E-state index contributed by atoms with van der Waals surface area (Å²) in [5.41, 5.74) is 6.47. The highest BCUT2D eigenvalue weighted by Crippen LogP contribution is 2.19. The Hall–Kier alpha value is -2.11. The van der Waals surface area contributed by atoms with E-state index >= 15 is 0 Å². The number of halogens is 1. The summed E-state index contributed by atoms with van der Waals surface area (Å²) in [5, 5.41) is 3.28. The molecule has 0 heterocycles. The zero-order chi connectivity index (χ0) is 15.2. The van der Waals surface area contributed by atoms with E-state index in [4.69, 9.17) is 34.3 Å². The Labute approximate surface area is 132 Å². The normalized spacial score (nSPS) is 9.95. The molecule has 6 heteroatoms. The number of benzene rings is 2. The van der Waals surface area contributed by atoms with Crippen LogP contribution in [0.15, 0.2) is 48.5 Å². The molecule has 0 saturated heterocycles. The molecule has 0 aromatic heterocycles. The summed E-state index contributed by atoms with van der Waals surface area (Å²) >= 11 is 10.6. The fourth-order valence-electron chi connectivity index (χ4n) is 1.65. The molecule has 0 spiro atoms. The largest absolute Gasteiger partial charge is 0.486 e. The summed E-state index contributed by atoms with van der Waals surface area (Å²) in [6.45, 7) is 0.154. The van der Waals surface area contributed by atoms with Crippen LogP contribution in [0.5, 0.6) is 5.75 Å². The molecule has 2 aromatic carbocycles. The lowest BCUT2D eigenvalue weighted by Gasteiger charge is -2.09. The fourth-order valence-corrected chi connectivity index (χ4v) is 1.90. The highest BCUT2D eigenvalue weighted by molar-refractivity contribution is 7.80. The Morgan fingerprint density at radius 1 is 1.24 bits per heavy atom. The maximum absolute atomic E-state index is 12.1. The summed E-state index contributed by atoms with van der Waals surface area (Å²) in [6.07, 6.45) is 0. The Balaban J connectivity index is 2.07. The molecular weight excluding hydrogens is 308 g/mol. The van der Waals surface area contributed by atoms with Crippen LogP contribution >= 0.6 is 23.8 Å². The molecule has 4 nitrogen and oxygen atoms in total. The molecule has 0 saturated carbocycles. The number of nitrogens with two attached hydrogens (primary N) is 1. The molecule has 2 rings (SSSR count). The molecule has 0 aliphatic carbocycles. The van der Waals surface area contributed by atoms with Crippen molar-refractivity contribution >= 4 is 40.4 Å². The third-order valence-electron chi connectivity index (χ3n) is 2.56. The number of amides is 1. The van der Waals surface area contributed by atoms with Gasteiger partial charge in [0.1, 0.15) is 17.3 Å². The van der Waals surface area contributed by atoms with Gasteiger partial charge < -0.3 is 15.8 Å². The number of ether oxygens (including phenoxy) is 1. The monoisotopic (exact) mass is 320 g/mol. The summed E-state index contributed by atoms with van der Waals surface area (Å²) in [6, 6.07) is 13.7. The Kier molecular flexibility index (Phi) is 5.14. The average Bonchev–Trinajstić information content (AvgIpc) is 2.45. The van der Waals surface area contributed by atoms with Crippen LogP contribution in [0.4, 0.5) is 5.69 Å². The maximum Gasteiger partial charge on any atom is 0.255 e. The molecule has 1 amide bonds. The van der Waals surface area contributed by atoms with E-state index in [0.29, 0.717) is 22.0 Å². The molecule has 2 aromatic rings. The van der Waals surface area contributed by atoms with Crippen molar-refractivity contribution in [3.05, 3.63) is 59.1 Å². The van der Waals surface area contributed by atoms with Crippen molar-refractivity contribution in [2.24, 2.45) is 5.73 Å². The Morgan fingerprint density at radius 3 is 2.71 bits per heavy atom. The van der Waals surface area contributed by atoms with Gasteiger partial charge in [-0.25, -0.2) is 0 Å². The van der Waals surface area contributed by atoms with E-state index in [9.17, 15) is 4.79 Å². The summed E-state index contributed by atoms with van der Waals surface area (Å²) in [7, 11) is 0. The zero-order valence-electron chi connectivity index (χ0n) is 11.0. The van der Waals surface area contributed by atoms with E-state index in [1.54, 1.807) is 48.5 Å². The number of thiocarbonyl (C=S) groups is 1. The number of nitrogens with one attached hydrogen (secondary N) is 1. The van der Waals surface area contributed by atoms with E-state index in [-0.39, 0.29) is 17.5 Å². The number of hydrogen-bond donors (Lipinski definition) is 2. The van der Waals surface area contributed by atoms with Crippen LogP contribution in [0.2, 0.25) is 5.02 Å². The van der Waals surface area contributed by atoms with Crippen molar-refractivity contribution < 1.29 is 9.53 Å². The highest BCUT2D eigenvalue weighted by Gasteiger charge is 2.07. The van der Waals surface area contributed by atoms with Crippen LogP contribution < -0.4 is 15.8 Å². The third kappa shape index (κ3) is 4.73. The number of hydrogen-bond acceptors (Lipinski definition) is 3. The summed E-state index contributed by atoms with van der Waals surface area (Å²) in [4.78, 5) is 12.4. The topological polar surface area (TPSA) is 64.3 Å². The van der Waals surface area contributed by atoms with Gasteiger partial charge in [-0.2, -0.15) is 0 Å². The molecule has 3 N–H and O–H groups in total. The average molecular weight is 321 g/mol. The molecular formula is C15H13ClN2O2S. The number of rotatable bonds is 5. The van der Waals surface area contributed by atoms with E-state index < -0.39 is 0 Å². The van der Waals surface area contributed by atoms with E-state index in [1.807, 2.05) is 0 Å². The summed E-state index contributed by atoms with van der Waals surface area (Å²) < 4.78 is 5.38. The smallest absolute Gasteiger partial charge is 0.255 e. The van der Waals surface area contributed by atoms with Gasteiger partial charge in [-0.1, -0.05) is 36.0 Å². The van der Waals surface area contributed by atoms with Crippen molar-refractivity contribution in [1.82, 2.24) is 0 Å². The van der Waals surface area contributed by atoms with Crippen LogP contribution in [-0.4, -0.2) is 17.5 Å². The van der Waals surface area contributed by atoms with Gasteiger partial charge >= 0.3 is 0 Å². The predicted molar refractivity (Wildman–Crippen MR) is 88.1 cm³/mol. The van der Waals surface area contributed by atoms with Gasteiger partial charge in [0.05, 0.1) is 0 Å². The fraction of sp³-hybridized carbons (Fsp3) is 0.0667.